The fourth-order valence-electron chi connectivity index (χ4n) is 1.64. The molecule has 0 bridgehead atoms. The molecule has 0 aliphatic rings. The summed E-state index contributed by atoms with van der Waals surface area (Å²) in [7, 11) is 0. The van der Waals surface area contributed by atoms with Gasteiger partial charge >= 0.3 is 0 Å². The Labute approximate surface area is 116 Å². The average molecular weight is 263 g/mol. The summed E-state index contributed by atoms with van der Waals surface area (Å²) in [5, 5.41) is 3.47. The standard InChI is InChI=1S/C16H25NO2/c1-5-10-19-15-9-8-14(11-16(15)18-7-3)12-17-13(4)6-2/h5,8-9,11,13,17H,1,6-7,10,12H2,2-4H3. The quantitative estimate of drug-likeness (QED) is 0.691. The molecule has 1 unspecified atom stereocenters. The van der Waals surface area contributed by atoms with Gasteiger partial charge in [0.1, 0.15) is 6.61 Å². The van der Waals surface area contributed by atoms with Gasteiger partial charge in [-0.3, -0.25) is 0 Å². The summed E-state index contributed by atoms with van der Waals surface area (Å²) in [6, 6.07) is 6.59. The summed E-state index contributed by atoms with van der Waals surface area (Å²) in [5.74, 6) is 1.57. The van der Waals surface area contributed by atoms with Crippen LogP contribution in [0.2, 0.25) is 0 Å². The molecule has 1 N–H and O–H groups in total. The summed E-state index contributed by atoms with van der Waals surface area (Å²) < 4.78 is 11.2. The fourth-order valence-corrected chi connectivity index (χ4v) is 1.64. The minimum absolute atomic E-state index is 0.491. The van der Waals surface area contributed by atoms with E-state index in [1.54, 1.807) is 6.08 Å². The van der Waals surface area contributed by atoms with Crippen molar-refractivity contribution >= 4 is 0 Å². The lowest BCUT2D eigenvalue weighted by atomic mass is 10.1. The van der Waals surface area contributed by atoms with Crippen LogP contribution >= 0.6 is 0 Å². The maximum Gasteiger partial charge on any atom is 0.161 e. The van der Waals surface area contributed by atoms with Gasteiger partial charge in [-0.15, -0.1) is 0 Å². The summed E-state index contributed by atoms with van der Waals surface area (Å²) in [6.07, 6.45) is 2.85. The van der Waals surface area contributed by atoms with Gasteiger partial charge in [0.15, 0.2) is 11.5 Å². The summed E-state index contributed by atoms with van der Waals surface area (Å²) in [5.41, 5.74) is 1.20. The predicted molar refractivity (Wildman–Crippen MR) is 79.9 cm³/mol. The predicted octanol–water partition coefficient (Wildman–Crippen LogP) is 3.54. The molecule has 0 amide bonds. The molecule has 1 aromatic rings. The van der Waals surface area contributed by atoms with Crippen molar-refractivity contribution in [3.8, 4) is 11.5 Å². The van der Waals surface area contributed by atoms with Gasteiger partial charge in [-0.2, -0.15) is 0 Å². The second kappa shape index (κ2) is 8.59. The summed E-state index contributed by atoms with van der Waals surface area (Å²) in [6.45, 7) is 12.0. The van der Waals surface area contributed by atoms with Crippen molar-refractivity contribution in [2.24, 2.45) is 0 Å². The number of hydrogen-bond donors (Lipinski definition) is 1. The zero-order valence-corrected chi connectivity index (χ0v) is 12.2. The van der Waals surface area contributed by atoms with Gasteiger partial charge in [0.2, 0.25) is 0 Å². The van der Waals surface area contributed by atoms with E-state index in [4.69, 9.17) is 9.47 Å². The third kappa shape index (κ3) is 5.35. The Balaban J connectivity index is 2.73. The molecule has 0 spiro atoms. The summed E-state index contributed by atoms with van der Waals surface area (Å²) >= 11 is 0. The molecule has 19 heavy (non-hydrogen) atoms. The molecule has 0 aromatic heterocycles. The minimum Gasteiger partial charge on any atom is -0.490 e. The largest absolute Gasteiger partial charge is 0.490 e. The Morgan fingerprint density at radius 1 is 1.26 bits per heavy atom. The number of ether oxygens (including phenoxy) is 2. The van der Waals surface area contributed by atoms with Gasteiger partial charge in [0.25, 0.3) is 0 Å². The number of nitrogens with one attached hydrogen (secondary N) is 1. The first-order valence-corrected chi connectivity index (χ1v) is 6.94. The molecule has 0 aliphatic carbocycles. The van der Waals surface area contributed by atoms with Crippen molar-refractivity contribution in [3.63, 3.8) is 0 Å². The van der Waals surface area contributed by atoms with Crippen molar-refractivity contribution in [3.05, 3.63) is 36.4 Å². The van der Waals surface area contributed by atoms with Crippen molar-refractivity contribution in [2.45, 2.75) is 39.8 Å². The Morgan fingerprint density at radius 2 is 2.05 bits per heavy atom. The van der Waals surface area contributed by atoms with Crippen LogP contribution in [0.5, 0.6) is 11.5 Å². The van der Waals surface area contributed by atoms with Gasteiger partial charge < -0.3 is 14.8 Å². The van der Waals surface area contributed by atoms with Gasteiger partial charge in [-0.1, -0.05) is 25.6 Å². The SMILES string of the molecule is C=CCOc1ccc(CNC(C)CC)cc1OCC. The zero-order valence-electron chi connectivity index (χ0n) is 12.2. The highest BCUT2D eigenvalue weighted by molar-refractivity contribution is 5.43. The topological polar surface area (TPSA) is 30.5 Å². The van der Waals surface area contributed by atoms with Crippen LogP contribution in [0, 0.1) is 0 Å². The van der Waals surface area contributed by atoms with Gasteiger partial charge in [-0.25, -0.2) is 0 Å². The lowest BCUT2D eigenvalue weighted by Gasteiger charge is -2.14. The number of benzene rings is 1. The Hall–Kier alpha value is -1.48. The third-order valence-electron chi connectivity index (χ3n) is 2.93. The molecule has 1 aromatic carbocycles. The monoisotopic (exact) mass is 263 g/mol. The molecule has 1 rings (SSSR count). The van der Waals surface area contributed by atoms with E-state index in [0.29, 0.717) is 19.3 Å². The van der Waals surface area contributed by atoms with E-state index >= 15 is 0 Å². The van der Waals surface area contributed by atoms with E-state index < -0.39 is 0 Å². The molecular formula is C16H25NO2. The van der Waals surface area contributed by atoms with Crippen molar-refractivity contribution in [1.29, 1.82) is 0 Å². The highest BCUT2D eigenvalue weighted by Gasteiger charge is 2.06. The molecule has 0 aliphatic heterocycles. The molecule has 0 saturated heterocycles. The van der Waals surface area contributed by atoms with Gasteiger partial charge in [-0.05, 0) is 38.0 Å². The van der Waals surface area contributed by atoms with Crippen LogP contribution in [0.15, 0.2) is 30.9 Å². The molecule has 0 fully saturated rings. The fraction of sp³-hybridized carbons (Fsp3) is 0.500. The number of rotatable bonds is 9. The first kappa shape index (κ1) is 15.6. The van der Waals surface area contributed by atoms with E-state index in [2.05, 4.69) is 31.8 Å². The highest BCUT2D eigenvalue weighted by Crippen LogP contribution is 2.28. The molecular weight excluding hydrogens is 238 g/mol. The molecule has 1 atom stereocenters. The van der Waals surface area contributed by atoms with E-state index in [-0.39, 0.29) is 0 Å². The van der Waals surface area contributed by atoms with Crippen molar-refractivity contribution < 1.29 is 9.47 Å². The molecule has 0 heterocycles. The zero-order chi connectivity index (χ0) is 14.1. The second-order valence-corrected chi connectivity index (χ2v) is 4.50. The third-order valence-corrected chi connectivity index (χ3v) is 2.93. The Morgan fingerprint density at radius 3 is 2.68 bits per heavy atom. The second-order valence-electron chi connectivity index (χ2n) is 4.50. The minimum atomic E-state index is 0.491. The highest BCUT2D eigenvalue weighted by atomic mass is 16.5. The normalized spacial score (nSPS) is 11.9. The van der Waals surface area contributed by atoms with E-state index in [1.807, 2.05) is 19.1 Å². The van der Waals surface area contributed by atoms with E-state index in [1.165, 1.54) is 5.56 Å². The van der Waals surface area contributed by atoms with Gasteiger partial charge in [0, 0.05) is 12.6 Å². The lowest BCUT2D eigenvalue weighted by Crippen LogP contribution is -2.24. The lowest BCUT2D eigenvalue weighted by molar-refractivity contribution is 0.296. The first-order chi connectivity index (χ1) is 9.21. The van der Waals surface area contributed by atoms with Crippen LogP contribution < -0.4 is 14.8 Å². The average Bonchev–Trinajstić information content (AvgIpc) is 2.44. The van der Waals surface area contributed by atoms with Crippen molar-refractivity contribution in [1.82, 2.24) is 5.32 Å². The van der Waals surface area contributed by atoms with Crippen LogP contribution in [0.25, 0.3) is 0 Å². The molecule has 0 saturated carbocycles. The molecule has 3 heteroatoms. The van der Waals surface area contributed by atoms with Crippen molar-refractivity contribution in [2.75, 3.05) is 13.2 Å². The molecule has 106 valence electrons. The van der Waals surface area contributed by atoms with Crippen LogP contribution in [0.3, 0.4) is 0 Å². The van der Waals surface area contributed by atoms with Crippen LogP contribution in [0.1, 0.15) is 32.8 Å². The maximum atomic E-state index is 5.62. The maximum absolute atomic E-state index is 5.62. The molecule has 3 nitrogen and oxygen atoms in total. The number of hydrogen-bond acceptors (Lipinski definition) is 3. The van der Waals surface area contributed by atoms with Crippen LogP contribution in [-0.4, -0.2) is 19.3 Å². The van der Waals surface area contributed by atoms with Gasteiger partial charge in [0.05, 0.1) is 6.61 Å². The van der Waals surface area contributed by atoms with Crippen LogP contribution in [0.4, 0.5) is 0 Å². The Bertz CT molecular complexity index is 390. The summed E-state index contributed by atoms with van der Waals surface area (Å²) in [4.78, 5) is 0. The first-order valence-electron chi connectivity index (χ1n) is 6.94. The Kier molecular flexibility index (Phi) is 7.04. The van der Waals surface area contributed by atoms with E-state index in [0.717, 1.165) is 24.5 Å². The van der Waals surface area contributed by atoms with Crippen LogP contribution in [-0.2, 0) is 6.54 Å². The smallest absolute Gasteiger partial charge is 0.161 e. The molecule has 0 radical (unpaired) electrons. The van der Waals surface area contributed by atoms with E-state index in [9.17, 15) is 0 Å².